The summed E-state index contributed by atoms with van der Waals surface area (Å²) < 4.78 is 0. The maximum absolute atomic E-state index is 6.82. The SMILES string of the molecule is [CH2-]CCCCCC[OH2+]. The standard InChI is InChI=1S/C7H15O/c1-2-3-4-5-6-7-8/h8H,1-7H2/q-1/p+1. The van der Waals surface area contributed by atoms with Gasteiger partial charge in [-0.05, 0) is 6.42 Å². The van der Waals surface area contributed by atoms with Crippen LogP contribution in [-0.2, 0) is 0 Å². The summed E-state index contributed by atoms with van der Waals surface area (Å²) in [7, 11) is 0. The molecule has 0 bridgehead atoms. The molecule has 0 saturated heterocycles. The van der Waals surface area contributed by atoms with Crippen LogP contribution in [0.25, 0.3) is 0 Å². The third-order valence-corrected chi connectivity index (χ3v) is 1.18. The summed E-state index contributed by atoms with van der Waals surface area (Å²) in [5.74, 6) is 0. The minimum Gasteiger partial charge on any atom is -0.445 e. The van der Waals surface area contributed by atoms with Crippen LogP contribution >= 0.6 is 0 Å². The van der Waals surface area contributed by atoms with Gasteiger partial charge in [0.25, 0.3) is 0 Å². The first kappa shape index (κ1) is 7.96. The molecular formula is C7H16O. The van der Waals surface area contributed by atoms with Gasteiger partial charge in [-0.15, -0.1) is 0 Å². The minimum absolute atomic E-state index is 0.594. The first-order valence-corrected chi connectivity index (χ1v) is 3.35. The Bertz CT molecular complexity index is 29.4. The van der Waals surface area contributed by atoms with Crippen LogP contribution in [0.15, 0.2) is 0 Å². The molecule has 8 heavy (non-hydrogen) atoms. The van der Waals surface area contributed by atoms with Crippen LogP contribution in [0.5, 0.6) is 0 Å². The van der Waals surface area contributed by atoms with Gasteiger partial charge >= 0.3 is 0 Å². The third kappa shape index (κ3) is 5.96. The second-order valence-corrected chi connectivity index (χ2v) is 2.02. The maximum Gasteiger partial charge on any atom is 0.143 e. The lowest BCUT2D eigenvalue weighted by molar-refractivity contribution is 0.282. The van der Waals surface area contributed by atoms with Gasteiger partial charge in [0.2, 0.25) is 0 Å². The predicted octanol–water partition coefficient (Wildman–Crippen LogP) is 1.50. The van der Waals surface area contributed by atoms with Crippen molar-refractivity contribution < 1.29 is 5.11 Å². The molecule has 1 nitrogen and oxygen atoms in total. The summed E-state index contributed by atoms with van der Waals surface area (Å²) in [6.45, 7) is 4.33. The van der Waals surface area contributed by atoms with E-state index in [2.05, 4.69) is 6.92 Å². The Morgan fingerprint density at radius 2 is 1.62 bits per heavy atom. The molecule has 0 aliphatic carbocycles. The van der Waals surface area contributed by atoms with Crippen molar-refractivity contribution in [2.24, 2.45) is 0 Å². The zero-order valence-corrected chi connectivity index (χ0v) is 5.45. The lowest BCUT2D eigenvalue weighted by atomic mass is 10.2. The molecule has 0 heterocycles. The summed E-state index contributed by atoms with van der Waals surface area (Å²) in [4.78, 5) is 0. The average molecular weight is 116 g/mol. The Balaban J connectivity index is 2.53. The monoisotopic (exact) mass is 116 g/mol. The van der Waals surface area contributed by atoms with Gasteiger partial charge in [0.1, 0.15) is 6.61 Å². The quantitative estimate of drug-likeness (QED) is 0.295. The van der Waals surface area contributed by atoms with E-state index in [4.69, 9.17) is 5.11 Å². The zero-order valence-electron chi connectivity index (χ0n) is 5.45. The molecule has 0 radical (unpaired) electrons. The second-order valence-electron chi connectivity index (χ2n) is 2.02. The normalized spacial score (nSPS) is 9.75. The topological polar surface area (TPSA) is 22.9 Å². The Morgan fingerprint density at radius 3 is 2.12 bits per heavy atom. The Labute approximate surface area is 51.7 Å². The van der Waals surface area contributed by atoms with E-state index in [9.17, 15) is 0 Å². The third-order valence-electron chi connectivity index (χ3n) is 1.18. The molecule has 0 aromatic heterocycles. The van der Waals surface area contributed by atoms with Crippen LogP contribution in [0, 0.1) is 6.92 Å². The van der Waals surface area contributed by atoms with E-state index in [0.29, 0.717) is 6.61 Å². The van der Waals surface area contributed by atoms with Gasteiger partial charge in [-0.3, -0.25) is 0 Å². The van der Waals surface area contributed by atoms with Crippen molar-refractivity contribution in [1.82, 2.24) is 0 Å². The Morgan fingerprint density at radius 1 is 1.00 bits per heavy atom. The first-order chi connectivity index (χ1) is 3.91. The maximum atomic E-state index is 6.82. The van der Waals surface area contributed by atoms with Crippen molar-refractivity contribution in [1.29, 1.82) is 0 Å². The Hall–Kier alpha value is -0.0400. The van der Waals surface area contributed by atoms with Crippen molar-refractivity contribution in [3.05, 3.63) is 6.92 Å². The molecule has 0 aliphatic rings. The average Bonchev–Trinajstić information content (AvgIpc) is 1.81. The number of hydrogen-bond acceptors (Lipinski definition) is 0. The Kier molecular flexibility index (Phi) is 6.93. The van der Waals surface area contributed by atoms with E-state index < -0.39 is 0 Å². The van der Waals surface area contributed by atoms with Crippen molar-refractivity contribution in [2.45, 2.75) is 32.1 Å². The summed E-state index contributed by atoms with van der Waals surface area (Å²) in [6.07, 6.45) is 5.85. The molecule has 0 saturated carbocycles. The van der Waals surface area contributed by atoms with Crippen LogP contribution in [0.4, 0.5) is 0 Å². The van der Waals surface area contributed by atoms with Crippen LogP contribution in [0.2, 0.25) is 0 Å². The lowest BCUT2D eigenvalue weighted by Gasteiger charge is -1.95. The van der Waals surface area contributed by atoms with E-state index >= 15 is 0 Å². The summed E-state index contributed by atoms with van der Waals surface area (Å²) in [6, 6.07) is 0. The fourth-order valence-corrected chi connectivity index (χ4v) is 0.655. The van der Waals surface area contributed by atoms with Gasteiger partial charge in [0.05, 0.1) is 0 Å². The molecule has 0 aromatic rings. The smallest absolute Gasteiger partial charge is 0.143 e. The molecule has 2 N–H and O–H groups in total. The highest BCUT2D eigenvalue weighted by Gasteiger charge is 1.84. The number of unbranched alkanes of at least 4 members (excludes halogenated alkanes) is 4. The van der Waals surface area contributed by atoms with Crippen molar-refractivity contribution in [3.8, 4) is 0 Å². The fourth-order valence-electron chi connectivity index (χ4n) is 0.655. The van der Waals surface area contributed by atoms with Crippen molar-refractivity contribution in [2.75, 3.05) is 6.61 Å². The van der Waals surface area contributed by atoms with Gasteiger partial charge in [-0.1, -0.05) is 12.8 Å². The van der Waals surface area contributed by atoms with E-state index in [-0.39, 0.29) is 0 Å². The second kappa shape index (κ2) is 6.96. The summed E-state index contributed by atoms with van der Waals surface area (Å²) in [5.41, 5.74) is 0. The molecule has 0 aliphatic heterocycles. The molecular weight excluding hydrogens is 100 g/mol. The van der Waals surface area contributed by atoms with Crippen LogP contribution in [0.3, 0.4) is 0 Å². The van der Waals surface area contributed by atoms with Crippen LogP contribution < -0.4 is 0 Å². The predicted molar refractivity (Wildman–Crippen MR) is 36.9 cm³/mol. The highest BCUT2D eigenvalue weighted by Crippen LogP contribution is 2.00. The highest BCUT2D eigenvalue weighted by molar-refractivity contribution is 4.43. The molecule has 0 amide bonds. The lowest BCUT2D eigenvalue weighted by Crippen LogP contribution is -1.81. The van der Waals surface area contributed by atoms with Gasteiger partial charge in [0, 0.05) is 6.42 Å². The fraction of sp³-hybridized carbons (Fsp3) is 0.857. The van der Waals surface area contributed by atoms with E-state index in [0.717, 1.165) is 12.8 Å². The van der Waals surface area contributed by atoms with Crippen LogP contribution in [-0.4, -0.2) is 11.7 Å². The number of rotatable bonds is 5. The molecule has 0 atom stereocenters. The largest absolute Gasteiger partial charge is 0.445 e. The van der Waals surface area contributed by atoms with Crippen LogP contribution in [0.1, 0.15) is 32.1 Å². The minimum atomic E-state index is 0.594. The van der Waals surface area contributed by atoms with Gasteiger partial charge in [-0.25, -0.2) is 0 Å². The summed E-state index contributed by atoms with van der Waals surface area (Å²) >= 11 is 0. The molecule has 0 aromatic carbocycles. The molecule has 0 unspecified atom stereocenters. The van der Waals surface area contributed by atoms with Gasteiger partial charge in [0.15, 0.2) is 0 Å². The molecule has 0 fully saturated rings. The van der Waals surface area contributed by atoms with E-state index in [1.165, 1.54) is 19.3 Å². The van der Waals surface area contributed by atoms with E-state index in [1.54, 1.807) is 0 Å². The molecule has 0 rings (SSSR count). The van der Waals surface area contributed by atoms with Crippen molar-refractivity contribution in [3.63, 3.8) is 0 Å². The molecule has 0 spiro atoms. The van der Waals surface area contributed by atoms with E-state index in [1.807, 2.05) is 0 Å². The zero-order chi connectivity index (χ0) is 6.24. The van der Waals surface area contributed by atoms with Gasteiger partial charge in [-0.2, -0.15) is 6.42 Å². The number of hydrogen-bond donors (Lipinski definition) is 0. The first-order valence-electron chi connectivity index (χ1n) is 3.35. The summed E-state index contributed by atoms with van der Waals surface area (Å²) in [5, 5.41) is 6.82. The highest BCUT2D eigenvalue weighted by atomic mass is 16.2. The molecule has 50 valence electrons. The molecule has 1 heteroatoms. The van der Waals surface area contributed by atoms with Gasteiger partial charge < -0.3 is 12.0 Å². The van der Waals surface area contributed by atoms with Crippen molar-refractivity contribution >= 4 is 0 Å².